The fraction of sp³-hybridized carbons (Fsp3) is 0.250. The zero-order valence-electron chi connectivity index (χ0n) is 9.77. The molecular formula is C12H14N2O2S. The highest BCUT2D eigenvalue weighted by Crippen LogP contribution is 2.26. The summed E-state index contributed by atoms with van der Waals surface area (Å²) >= 11 is 0. The summed E-state index contributed by atoms with van der Waals surface area (Å²) in [5.74, 6) is 0.0635. The van der Waals surface area contributed by atoms with E-state index in [2.05, 4.69) is 10.2 Å². The fourth-order valence-corrected chi connectivity index (χ4v) is 2.58. The van der Waals surface area contributed by atoms with Crippen LogP contribution in [0.4, 0.5) is 0 Å². The number of benzene rings is 1. The van der Waals surface area contributed by atoms with Crippen molar-refractivity contribution in [3.63, 3.8) is 0 Å². The van der Waals surface area contributed by atoms with Crippen molar-refractivity contribution in [1.29, 1.82) is 0 Å². The van der Waals surface area contributed by atoms with Crippen LogP contribution in [0, 0.1) is 6.92 Å². The van der Waals surface area contributed by atoms with E-state index in [4.69, 9.17) is 0 Å². The molecule has 0 spiro atoms. The molecule has 2 rings (SSSR count). The first-order valence-corrected chi connectivity index (χ1v) is 7.03. The van der Waals surface area contributed by atoms with E-state index in [1.807, 2.05) is 31.2 Å². The summed E-state index contributed by atoms with van der Waals surface area (Å²) in [5, 5.41) is 6.60. The van der Waals surface area contributed by atoms with Crippen molar-refractivity contribution in [3.05, 3.63) is 36.0 Å². The van der Waals surface area contributed by atoms with Crippen molar-refractivity contribution in [2.24, 2.45) is 0 Å². The maximum atomic E-state index is 11.9. The molecule has 90 valence electrons. The van der Waals surface area contributed by atoms with Gasteiger partial charge in [-0.05, 0) is 12.5 Å². The topological polar surface area (TPSA) is 62.8 Å². The zero-order chi connectivity index (χ0) is 12.5. The lowest BCUT2D eigenvalue weighted by Crippen LogP contribution is -2.05. The summed E-state index contributed by atoms with van der Waals surface area (Å²) in [6.07, 6.45) is 1.55. The van der Waals surface area contributed by atoms with E-state index in [1.54, 1.807) is 13.1 Å². The van der Waals surface area contributed by atoms with Gasteiger partial charge < -0.3 is 0 Å². The Bertz CT molecular complexity index is 612. The Morgan fingerprint density at radius 1 is 1.24 bits per heavy atom. The number of aromatic amines is 1. The Morgan fingerprint density at radius 3 is 2.47 bits per heavy atom. The minimum Gasteiger partial charge on any atom is -0.267 e. The highest BCUT2D eigenvalue weighted by atomic mass is 32.2. The lowest BCUT2D eigenvalue weighted by atomic mass is 10.1. The van der Waals surface area contributed by atoms with Crippen LogP contribution >= 0.6 is 0 Å². The average molecular weight is 250 g/mol. The summed E-state index contributed by atoms with van der Waals surface area (Å²) in [6.45, 7) is 3.61. The number of nitrogens with zero attached hydrogens (tertiary/aromatic N) is 1. The van der Waals surface area contributed by atoms with Gasteiger partial charge in [0, 0.05) is 5.56 Å². The van der Waals surface area contributed by atoms with Gasteiger partial charge in [0.2, 0.25) is 0 Å². The largest absolute Gasteiger partial charge is 0.267 e. The minimum absolute atomic E-state index is 0.0635. The molecule has 17 heavy (non-hydrogen) atoms. The minimum atomic E-state index is -3.26. The normalized spacial score (nSPS) is 11.6. The third-order valence-corrected chi connectivity index (χ3v) is 4.35. The second-order valence-electron chi connectivity index (χ2n) is 3.88. The molecule has 1 aromatic heterocycles. The van der Waals surface area contributed by atoms with E-state index in [9.17, 15) is 8.42 Å². The zero-order valence-corrected chi connectivity index (χ0v) is 10.6. The Morgan fingerprint density at radius 2 is 1.88 bits per heavy atom. The van der Waals surface area contributed by atoms with Crippen molar-refractivity contribution in [2.75, 3.05) is 5.75 Å². The number of sulfone groups is 1. The molecule has 0 bridgehead atoms. The molecule has 1 aromatic carbocycles. The van der Waals surface area contributed by atoms with Gasteiger partial charge in [-0.2, -0.15) is 5.10 Å². The van der Waals surface area contributed by atoms with Gasteiger partial charge in [0.15, 0.2) is 14.9 Å². The van der Waals surface area contributed by atoms with Crippen LogP contribution in [0.2, 0.25) is 0 Å². The molecule has 0 aliphatic carbocycles. The first-order chi connectivity index (χ1) is 8.04. The molecule has 0 aliphatic heterocycles. The van der Waals surface area contributed by atoms with Crippen LogP contribution in [0.1, 0.15) is 12.5 Å². The standard InChI is InChI=1S/C12H14N2O2S/c1-3-17(15,16)12-11(8-13-14-12)10-6-4-9(2)5-7-10/h4-8H,3H2,1-2H3,(H,13,14). The predicted molar refractivity (Wildman–Crippen MR) is 66.5 cm³/mol. The molecule has 0 saturated carbocycles. The van der Waals surface area contributed by atoms with Gasteiger partial charge in [-0.15, -0.1) is 0 Å². The molecule has 0 radical (unpaired) electrons. The lowest BCUT2D eigenvalue weighted by Gasteiger charge is -2.03. The number of H-pyrrole nitrogens is 1. The molecule has 0 amide bonds. The number of hydrogen-bond acceptors (Lipinski definition) is 3. The summed E-state index contributed by atoms with van der Waals surface area (Å²) in [7, 11) is -3.26. The lowest BCUT2D eigenvalue weighted by molar-refractivity contribution is 0.593. The summed E-state index contributed by atoms with van der Waals surface area (Å²) in [5.41, 5.74) is 2.63. The van der Waals surface area contributed by atoms with Gasteiger partial charge in [0.1, 0.15) is 0 Å². The van der Waals surface area contributed by atoms with Crippen molar-refractivity contribution < 1.29 is 8.42 Å². The molecule has 1 N–H and O–H groups in total. The smallest absolute Gasteiger partial charge is 0.195 e. The quantitative estimate of drug-likeness (QED) is 0.908. The Hall–Kier alpha value is -1.62. The summed E-state index contributed by atoms with van der Waals surface area (Å²) in [4.78, 5) is 0. The van der Waals surface area contributed by atoms with Crippen molar-refractivity contribution in [2.45, 2.75) is 18.9 Å². The van der Waals surface area contributed by atoms with Crippen LogP contribution in [0.3, 0.4) is 0 Å². The van der Waals surface area contributed by atoms with Crippen LogP contribution in [0.25, 0.3) is 11.1 Å². The maximum Gasteiger partial charge on any atom is 0.195 e. The van der Waals surface area contributed by atoms with Gasteiger partial charge in [-0.1, -0.05) is 36.8 Å². The van der Waals surface area contributed by atoms with Gasteiger partial charge in [0.05, 0.1) is 11.9 Å². The number of aromatic nitrogens is 2. The van der Waals surface area contributed by atoms with E-state index >= 15 is 0 Å². The Kier molecular flexibility index (Phi) is 3.02. The summed E-state index contributed by atoms with van der Waals surface area (Å²) in [6, 6.07) is 7.69. The van der Waals surface area contributed by atoms with Gasteiger partial charge in [-0.25, -0.2) is 8.42 Å². The molecule has 5 heteroatoms. The summed E-state index contributed by atoms with van der Waals surface area (Å²) < 4.78 is 23.7. The number of aryl methyl sites for hydroxylation is 1. The second kappa shape index (κ2) is 4.33. The Balaban J connectivity index is 2.55. The van der Waals surface area contributed by atoms with E-state index in [-0.39, 0.29) is 10.8 Å². The first kappa shape index (κ1) is 11.9. The van der Waals surface area contributed by atoms with E-state index in [0.717, 1.165) is 11.1 Å². The second-order valence-corrected chi connectivity index (χ2v) is 6.10. The predicted octanol–water partition coefficient (Wildman–Crippen LogP) is 2.18. The molecule has 0 aliphatic rings. The average Bonchev–Trinajstić information content (AvgIpc) is 2.80. The fourth-order valence-electron chi connectivity index (χ4n) is 1.59. The molecule has 1 heterocycles. The van der Waals surface area contributed by atoms with Crippen LogP contribution in [-0.4, -0.2) is 24.4 Å². The molecule has 0 fully saturated rings. The highest BCUT2D eigenvalue weighted by molar-refractivity contribution is 7.91. The van der Waals surface area contributed by atoms with Crippen molar-refractivity contribution in [3.8, 4) is 11.1 Å². The molecule has 4 nitrogen and oxygen atoms in total. The number of nitrogens with one attached hydrogen (secondary N) is 1. The number of rotatable bonds is 3. The van der Waals surface area contributed by atoms with E-state index in [0.29, 0.717) is 5.56 Å². The van der Waals surface area contributed by atoms with E-state index in [1.165, 1.54) is 0 Å². The van der Waals surface area contributed by atoms with Crippen LogP contribution < -0.4 is 0 Å². The molecule has 0 saturated heterocycles. The Labute approximate surface area is 101 Å². The van der Waals surface area contributed by atoms with Gasteiger partial charge >= 0.3 is 0 Å². The monoisotopic (exact) mass is 250 g/mol. The maximum absolute atomic E-state index is 11.9. The van der Waals surface area contributed by atoms with Crippen LogP contribution in [0.5, 0.6) is 0 Å². The van der Waals surface area contributed by atoms with E-state index < -0.39 is 9.84 Å². The molecule has 0 atom stereocenters. The SMILES string of the molecule is CCS(=O)(=O)c1[nH]ncc1-c1ccc(C)cc1. The van der Waals surface area contributed by atoms with Gasteiger partial charge in [-0.3, -0.25) is 5.10 Å². The van der Waals surface area contributed by atoms with Crippen LogP contribution in [-0.2, 0) is 9.84 Å². The molecule has 0 unspecified atom stereocenters. The first-order valence-electron chi connectivity index (χ1n) is 5.38. The highest BCUT2D eigenvalue weighted by Gasteiger charge is 2.19. The molecule has 2 aromatic rings. The third-order valence-electron chi connectivity index (χ3n) is 2.66. The van der Waals surface area contributed by atoms with Crippen LogP contribution in [0.15, 0.2) is 35.5 Å². The van der Waals surface area contributed by atoms with Gasteiger partial charge in [0.25, 0.3) is 0 Å². The number of hydrogen-bond donors (Lipinski definition) is 1. The third kappa shape index (κ3) is 2.24. The molecular weight excluding hydrogens is 236 g/mol. The van der Waals surface area contributed by atoms with Crippen molar-refractivity contribution >= 4 is 9.84 Å². The van der Waals surface area contributed by atoms with Crippen molar-refractivity contribution in [1.82, 2.24) is 10.2 Å².